The van der Waals surface area contributed by atoms with Gasteiger partial charge in [0, 0.05) is 24.9 Å². The maximum atomic E-state index is 10.9. The second-order valence-corrected chi connectivity index (χ2v) is 2.93. The van der Waals surface area contributed by atoms with Crippen molar-refractivity contribution in [2.75, 3.05) is 5.32 Å². The third-order valence-corrected chi connectivity index (χ3v) is 1.87. The Morgan fingerprint density at radius 2 is 2.18 bits per heavy atom. The molecule has 1 amide bonds. The normalized spacial score (nSPS) is 9.00. The van der Waals surface area contributed by atoms with Gasteiger partial charge in [0.2, 0.25) is 5.91 Å². The number of nitrogens with one attached hydrogen (secondary N) is 2. The Morgan fingerprint density at radius 3 is 2.76 bits per heavy atom. The summed E-state index contributed by atoms with van der Waals surface area (Å²) in [5, 5.41) is 2.59. The average Bonchev–Trinajstić information content (AvgIpc) is 2.61. The zero-order valence-corrected chi connectivity index (χ0v) is 12.4. The summed E-state index contributed by atoms with van der Waals surface area (Å²) in [4.78, 5) is 31.9. The summed E-state index contributed by atoms with van der Waals surface area (Å²) in [5.74, 6) is -0.203. The Labute approximate surface area is 139 Å². The third kappa shape index (κ3) is 3.41. The minimum absolute atomic E-state index is 0. The molecule has 0 fully saturated rings. The van der Waals surface area contributed by atoms with E-state index in [1.807, 2.05) is 0 Å². The van der Waals surface area contributed by atoms with Crippen LogP contribution in [0.5, 0.6) is 0 Å². The van der Waals surface area contributed by atoms with Gasteiger partial charge >= 0.3 is 51.4 Å². The Hall–Kier alpha value is -0.644. The molecular weight excluding hydrogens is 251 g/mol. The molecule has 2 heterocycles. The maximum Gasteiger partial charge on any atom is 1.00 e. The van der Waals surface area contributed by atoms with Crippen LogP contribution in [0, 0.1) is 0 Å². The molecule has 0 saturated carbocycles. The Bertz CT molecular complexity index is 540. The van der Waals surface area contributed by atoms with E-state index in [1.165, 1.54) is 13.3 Å². The molecule has 0 aliphatic heterocycles. The minimum atomic E-state index is -0.203. The number of nitrogens with zero attached hydrogens (tertiary/aromatic N) is 2. The monoisotopic (exact) mass is 259 g/mol. The van der Waals surface area contributed by atoms with Gasteiger partial charge in [0.1, 0.15) is 6.33 Å². The largest absolute Gasteiger partial charge is 1.00 e. The Morgan fingerprint density at radius 1 is 1.47 bits per heavy atom. The van der Waals surface area contributed by atoms with Crippen molar-refractivity contribution in [3.8, 4) is 0 Å². The van der Waals surface area contributed by atoms with Crippen LogP contribution in [0.3, 0.4) is 0 Å². The molecule has 0 aromatic carbocycles. The molecule has 0 saturated heterocycles. The fourth-order valence-electron chi connectivity index (χ4n) is 1.30. The van der Waals surface area contributed by atoms with Crippen LogP contribution >= 0.6 is 0 Å². The van der Waals surface area contributed by atoms with Crippen molar-refractivity contribution in [1.82, 2.24) is 15.0 Å². The van der Waals surface area contributed by atoms with Crippen LogP contribution in [0.1, 0.15) is 12.6 Å². The molecule has 0 aliphatic carbocycles. The van der Waals surface area contributed by atoms with Gasteiger partial charge in [-0.05, 0) is 5.69 Å². The molecule has 2 rings (SSSR count). The first-order chi connectivity index (χ1) is 7.22. The molecule has 0 atom stereocenters. The van der Waals surface area contributed by atoms with Crippen LogP contribution in [0.4, 0.5) is 5.69 Å². The van der Waals surface area contributed by atoms with Crippen LogP contribution in [0.15, 0.2) is 12.5 Å². The SMILES string of the molecule is CC(=O)Nc1c[nH]c2c([C-]=O)ncnc12.[K+].[OH-]. The van der Waals surface area contributed by atoms with Crippen LogP contribution in [0.2, 0.25) is 0 Å². The van der Waals surface area contributed by atoms with E-state index < -0.39 is 0 Å². The van der Waals surface area contributed by atoms with Crippen molar-refractivity contribution in [2.24, 2.45) is 0 Å². The standard InChI is InChI=1S/C9H7N4O2.K.H2O/c1-5(15)13-6-2-10-9-7(3-14)11-4-12-8(6)9;;/h2,4,10H,1H3,(H,13,15);;1H2/q-1;+1;/p-1. The van der Waals surface area contributed by atoms with Crippen molar-refractivity contribution < 1.29 is 66.4 Å². The van der Waals surface area contributed by atoms with E-state index in [0.29, 0.717) is 16.7 Å². The summed E-state index contributed by atoms with van der Waals surface area (Å²) < 4.78 is 0. The minimum Gasteiger partial charge on any atom is -0.870 e. The smallest absolute Gasteiger partial charge is 0.870 e. The predicted molar refractivity (Wildman–Crippen MR) is 54.9 cm³/mol. The first-order valence-corrected chi connectivity index (χ1v) is 4.20. The topological polar surface area (TPSA) is 118 Å². The first kappa shape index (κ1) is 16.4. The third-order valence-electron chi connectivity index (χ3n) is 1.87. The van der Waals surface area contributed by atoms with Gasteiger partial charge in [-0.15, -0.1) is 0 Å². The van der Waals surface area contributed by atoms with Gasteiger partial charge in [-0.25, -0.2) is 0 Å². The van der Waals surface area contributed by atoms with Crippen molar-refractivity contribution in [2.45, 2.75) is 6.92 Å². The molecular formula is C9H8KN4O3-. The summed E-state index contributed by atoms with van der Waals surface area (Å²) in [6, 6.07) is 0. The summed E-state index contributed by atoms with van der Waals surface area (Å²) in [6.07, 6.45) is 4.50. The molecule has 2 aromatic heterocycles. The van der Waals surface area contributed by atoms with Crippen molar-refractivity contribution in [3.05, 3.63) is 18.2 Å². The van der Waals surface area contributed by atoms with Crippen LogP contribution < -0.4 is 56.7 Å². The molecule has 0 bridgehead atoms. The van der Waals surface area contributed by atoms with E-state index in [1.54, 1.807) is 12.5 Å². The van der Waals surface area contributed by atoms with Gasteiger partial charge in [0.05, 0.1) is 5.69 Å². The van der Waals surface area contributed by atoms with E-state index in [4.69, 9.17) is 0 Å². The van der Waals surface area contributed by atoms with Gasteiger partial charge in [0.15, 0.2) is 0 Å². The van der Waals surface area contributed by atoms with Crippen LogP contribution in [-0.2, 0) is 9.59 Å². The molecule has 0 spiro atoms. The number of anilines is 1. The van der Waals surface area contributed by atoms with Gasteiger partial charge in [-0.1, -0.05) is 5.52 Å². The van der Waals surface area contributed by atoms with E-state index in [9.17, 15) is 9.59 Å². The summed E-state index contributed by atoms with van der Waals surface area (Å²) >= 11 is 0. The predicted octanol–water partition coefficient (Wildman–Crippen LogP) is -2.80. The number of amides is 1. The maximum absolute atomic E-state index is 10.9. The number of carbonyl (C=O) groups is 1. The van der Waals surface area contributed by atoms with Crippen molar-refractivity contribution >= 4 is 28.9 Å². The molecule has 3 N–H and O–H groups in total. The van der Waals surface area contributed by atoms with Gasteiger partial charge in [-0.3, -0.25) is 14.8 Å². The summed E-state index contributed by atoms with van der Waals surface area (Å²) in [6.45, 7) is 1.40. The molecule has 0 unspecified atom stereocenters. The number of carbonyl (C=O) groups excluding carboxylic acids is 2. The molecule has 8 heteroatoms. The molecule has 17 heavy (non-hydrogen) atoms. The van der Waals surface area contributed by atoms with E-state index in [-0.39, 0.29) is 68.5 Å². The second-order valence-electron chi connectivity index (χ2n) is 2.93. The molecule has 84 valence electrons. The van der Waals surface area contributed by atoms with Crippen LogP contribution in [0.25, 0.3) is 11.0 Å². The second kappa shape index (κ2) is 6.94. The van der Waals surface area contributed by atoms with E-state index in [0.717, 1.165) is 0 Å². The number of rotatable bonds is 2. The number of H-pyrrole nitrogens is 1. The van der Waals surface area contributed by atoms with Crippen LogP contribution in [-0.4, -0.2) is 32.6 Å². The van der Waals surface area contributed by atoms with E-state index in [2.05, 4.69) is 20.3 Å². The zero-order chi connectivity index (χ0) is 10.8. The first-order valence-electron chi connectivity index (χ1n) is 4.20. The summed E-state index contributed by atoms with van der Waals surface area (Å²) in [5.41, 5.74) is 1.64. The van der Waals surface area contributed by atoms with Crippen molar-refractivity contribution in [1.29, 1.82) is 0 Å². The number of fused-ring (bicyclic) bond motifs is 1. The van der Waals surface area contributed by atoms with Gasteiger partial charge in [0.25, 0.3) is 0 Å². The molecule has 7 nitrogen and oxygen atoms in total. The molecule has 0 aliphatic rings. The summed E-state index contributed by atoms with van der Waals surface area (Å²) in [7, 11) is 0. The quantitative estimate of drug-likeness (QED) is 0.446. The zero-order valence-electron chi connectivity index (χ0n) is 9.31. The Kier molecular flexibility index (Phi) is 6.68. The van der Waals surface area contributed by atoms with Gasteiger partial charge in [-0.2, -0.15) is 0 Å². The number of aromatic nitrogens is 3. The van der Waals surface area contributed by atoms with Crippen molar-refractivity contribution in [3.63, 3.8) is 0 Å². The number of aromatic amines is 1. The fraction of sp³-hybridized carbons (Fsp3) is 0.111. The molecule has 0 radical (unpaired) electrons. The van der Waals surface area contributed by atoms with E-state index >= 15 is 0 Å². The Balaban J connectivity index is 0.00000128. The average molecular weight is 259 g/mol. The van der Waals surface area contributed by atoms with Gasteiger partial charge < -0.3 is 20.6 Å². The number of hydrogen-bond acceptors (Lipinski definition) is 5. The fourth-order valence-corrected chi connectivity index (χ4v) is 1.30. The number of hydrogen-bond donors (Lipinski definition) is 2. The molecule has 2 aromatic rings.